The second-order valence-electron chi connectivity index (χ2n) is 3.97. The summed E-state index contributed by atoms with van der Waals surface area (Å²) in [6.45, 7) is 4.27. The maximum atomic E-state index is 9.66. The third-order valence-electron chi connectivity index (χ3n) is 2.34. The van der Waals surface area contributed by atoms with Gasteiger partial charge in [-0.3, -0.25) is 0 Å². The molecular formula is C11H19N3O3. The first-order valence-corrected chi connectivity index (χ1v) is 5.45. The van der Waals surface area contributed by atoms with Crippen LogP contribution in [0, 0.1) is 5.92 Å². The monoisotopic (exact) mass is 241 g/mol. The average molecular weight is 241 g/mol. The Labute approximate surface area is 101 Å². The molecule has 1 heterocycles. The van der Waals surface area contributed by atoms with E-state index in [1.807, 2.05) is 13.8 Å². The van der Waals surface area contributed by atoms with Crippen LogP contribution in [0.3, 0.4) is 0 Å². The summed E-state index contributed by atoms with van der Waals surface area (Å²) in [4.78, 5) is 8.19. The largest absolute Gasteiger partial charge is 0.481 e. The number of aliphatic hydroxyl groups is 1. The van der Waals surface area contributed by atoms with E-state index in [1.54, 1.807) is 6.07 Å². The molecule has 1 unspecified atom stereocenters. The quantitative estimate of drug-likeness (QED) is 0.771. The third kappa shape index (κ3) is 4.07. The Balaban J connectivity index is 2.70. The van der Waals surface area contributed by atoms with Crippen LogP contribution in [-0.4, -0.2) is 41.9 Å². The average Bonchev–Trinajstić information content (AvgIpc) is 2.35. The summed E-state index contributed by atoms with van der Waals surface area (Å²) >= 11 is 0. The molecule has 0 aromatic carbocycles. The number of anilines is 1. The van der Waals surface area contributed by atoms with Gasteiger partial charge >= 0.3 is 0 Å². The van der Waals surface area contributed by atoms with E-state index in [2.05, 4.69) is 15.3 Å². The Kier molecular flexibility index (Phi) is 4.96. The first-order chi connectivity index (χ1) is 8.06. The van der Waals surface area contributed by atoms with E-state index in [0.717, 1.165) is 0 Å². The van der Waals surface area contributed by atoms with Gasteiger partial charge in [-0.15, -0.1) is 0 Å². The molecule has 1 atom stereocenters. The van der Waals surface area contributed by atoms with Gasteiger partial charge in [0.25, 0.3) is 0 Å². The zero-order valence-corrected chi connectivity index (χ0v) is 10.6. The smallest absolute Gasteiger partial charge is 0.229 e. The van der Waals surface area contributed by atoms with Crippen molar-refractivity contribution >= 4 is 5.95 Å². The van der Waals surface area contributed by atoms with Crippen molar-refractivity contribution in [2.75, 3.05) is 26.1 Å². The van der Waals surface area contributed by atoms with Crippen molar-refractivity contribution in [3.63, 3.8) is 0 Å². The maximum absolute atomic E-state index is 9.66. The molecule has 0 aliphatic rings. The molecule has 0 saturated carbocycles. The van der Waals surface area contributed by atoms with E-state index >= 15 is 0 Å². The fourth-order valence-electron chi connectivity index (χ4n) is 1.12. The molecule has 2 N–H and O–H groups in total. The molecule has 17 heavy (non-hydrogen) atoms. The van der Waals surface area contributed by atoms with Crippen molar-refractivity contribution in [3.8, 4) is 11.8 Å². The standard InChI is InChI=1S/C11H19N3O3/c1-7(2)8(15)6-12-11-13-9(16-3)5-10(14-11)17-4/h5,7-8,15H,6H2,1-4H3,(H,12,13,14). The summed E-state index contributed by atoms with van der Waals surface area (Å²) in [5.41, 5.74) is 0. The van der Waals surface area contributed by atoms with E-state index in [1.165, 1.54) is 14.2 Å². The molecule has 0 aliphatic carbocycles. The summed E-state index contributed by atoms with van der Waals surface area (Å²) in [5.74, 6) is 1.38. The number of ether oxygens (including phenoxy) is 2. The summed E-state index contributed by atoms with van der Waals surface area (Å²) in [5, 5.41) is 12.6. The number of nitrogens with zero attached hydrogens (tertiary/aromatic N) is 2. The number of hydrogen-bond acceptors (Lipinski definition) is 6. The fourth-order valence-corrected chi connectivity index (χ4v) is 1.12. The lowest BCUT2D eigenvalue weighted by molar-refractivity contribution is 0.137. The number of aromatic nitrogens is 2. The van der Waals surface area contributed by atoms with Gasteiger partial charge in [0.15, 0.2) is 0 Å². The zero-order valence-electron chi connectivity index (χ0n) is 10.6. The van der Waals surface area contributed by atoms with E-state index in [9.17, 15) is 5.11 Å². The van der Waals surface area contributed by atoms with E-state index in [-0.39, 0.29) is 5.92 Å². The van der Waals surface area contributed by atoms with Crippen LogP contribution >= 0.6 is 0 Å². The lowest BCUT2D eigenvalue weighted by Crippen LogP contribution is -2.25. The minimum absolute atomic E-state index is 0.176. The highest BCUT2D eigenvalue weighted by atomic mass is 16.5. The van der Waals surface area contributed by atoms with Crippen LogP contribution in [0.1, 0.15) is 13.8 Å². The highest BCUT2D eigenvalue weighted by Crippen LogP contribution is 2.17. The molecule has 0 fully saturated rings. The Hall–Kier alpha value is -1.56. The van der Waals surface area contributed by atoms with Crippen LogP contribution in [0.4, 0.5) is 5.95 Å². The fraction of sp³-hybridized carbons (Fsp3) is 0.636. The van der Waals surface area contributed by atoms with Gasteiger partial charge in [0.1, 0.15) is 0 Å². The molecule has 0 bridgehead atoms. The van der Waals surface area contributed by atoms with Crippen molar-refractivity contribution in [1.29, 1.82) is 0 Å². The van der Waals surface area contributed by atoms with Gasteiger partial charge in [0.2, 0.25) is 17.7 Å². The lowest BCUT2D eigenvalue weighted by atomic mass is 10.1. The lowest BCUT2D eigenvalue weighted by Gasteiger charge is -2.15. The van der Waals surface area contributed by atoms with Crippen LogP contribution in [0.25, 0.3) is 0 Å². The highest BCUT2D eigenvalue weighted by Gasteiger charge is 2.10. The van der Waals surface area contributed by atoms with Gasteiger partial charge in [-0.2, -0.15) is 9.97 Å². The Morgan fingerprint density at radius 2 is 1.76 bits per heavy atom. The molecule has 6 nitrogen and oxygen atoms in total. The van der Waals surface area contributed by atoms with Crippen molar-refractivity contribution in [2.24, 2.45) is 5.92 Å². The topological polar surface area (TPSA) is 76.5 Å². The molecule has 96 valence electrons. The first kappa shape index (κ1) is 13.5. The van der Waals surface area contributed by atoms with Crippen LogP contribution in [0.5, 0.6) is 11.8 Å². The van der Waals surface area contributed by atoms with E-state index in [4.69, 9.17) is 9.47 Å². The molecule has 6 heteroatoms. The van der Waals surface area contributed by atoms with Gasteiger partial charge in [-0.25, -0.2) is 0 Å². The minimum atomic E-state index is -0.448. The van der Waals surface area contributed by atoms with E-state index in [0.29, 0.717) is 24.3 Å². The molecule has 1 rings (SSSR count). The zero-order chi connectivity index (χ0) is 12.8. The maximum Gasteiger partial charge on any atom is 0.229 e. The molecule has 0 saturated heterocycles. The molecule has 0 aliphatic heterocycles. The third-order valence-corrected chi connectivity index (χ3v) is 2.34. The van der Waals surface area contributed by atoms with Crippen molar-refractivity contribution in [1.82, 2.24) is 9.97 Å². The summed E-state index contributed by atoms with van der Waals surface area (Å²) in [6.07, 6.45) is -0.448. The van der Waals surface area contributed by atoms with Crippen molar-refractivity contribution < 1.29 is 14.6 Å². The molecule has 0 radical (unpaired) electrons. The van der Waals surface area contributed by atoms with Gasteiger partial charge in [-0.1, -0.05) is 13.8 Å². The van der Waals surface area contributed by atoms with Gasteiger partial charge < -0.3 is 19.9 Å². The van der Waals surface area contributed by atoms with Crippen LogP contribution in [0.15, 0.2) is 6.07 Å². The Morgan fingerprint density at radius 3 is 2.18 bits per heavy atom. The predicted octanol–water partition coefficient (Wildman–Crippen LogP) is 0.923. The van der Waals surface area contributed by atoms with Crippen LogP contribution in [0.2, 0.25) is 0 Å². The van der Waals surface area contributed by atoms with Crippen LogP contribution < -0.4 is 14.8 Å². The Morgan fingerprint density at radius 1 is 1.24 bits per heavy atom. The van der Waals surface area contributed by atoms with Gasteiger partial charge in [0.05, 0.1) is 26.4 Å². The number of rotatable bonds is 6. The number of hydrogen-bond donors (Lipinski definition) is 2. The van der Waals surface area contributed by atoms with Gasteiger partial charge in [-0.05, 0) is 5.92 Å². The molecule has 0 amide bonds. The Bertz CT molecular complexity index is 336. The van der Waals surface area contributed by atoms with Crippen LogP contribution in [-0.2, 0) is 0 Å². The second kappa shape index (κ2) is 6.24. The summed E-state index contributed by atoms with van der Waals surface area (Å²) in [6, 6.07) is 1.59. The summed E-state index contributed by atoms with van der Waals surface area (Å²) in [7, 11) is 3.04. The molecule has 1 aromatic heterocycles. The first-order valence-electron chi connectivity index (χ1n) is 5.45. The number of aliphatic hydroxyl groups excluding tert-OH is 1. The SMILES string of the molecule is COc1cc(OC)nc(NCC(O)C(C)C)n1. The molecule has 1 aromatic rings. The molecule has 0 spiro atoms. The highest BCUT2D eigenvalue weighted by molar-refractivity contribution is 5.33. The van der Waals surface area contributed by atoms with Gasteiger partial charge in [0, 0.05) is 6.54 Å². The number of nitrogens with one attached hydrogen (secondary N) is 1. The normalized spacial score (nSPS) is 12.4. The second-order valence-corrected chi connectivity index (χ2v) is 3.97. The number of methoxy groups -OCH3 is 2. The summed E-state index contributed by atoms with van der Waals surface area (Å²) < 4.78 is 10.0. The minimum Gasteiger partial charge on any atom is -0.481 e. The predicted molar refractivity (Wildman–Crippen MR) is 64.5 cm³/mol. The van der Waals surface area contributed by atoms with Crippen molar-refractivity contribution in [3.05, 3.63) is 6.07 Å². The van der Waals surface area contributed by atoms with Crippen molar-refractivity contribution in [2.45, 2.75) is 20.0 Å². The molecular weight excluding hydrogens is 222 g/mol. The van der Waals surface area contributed by atoms with E-state index < -0.39 is 6.10 Å².